The lowest BCUT2D eigenvalue weighted by Crippen LogP contribution is -2.25. The predicted molar refractivity (Wildman–Crippen MR) is 187 cm³/mol. The predicted octanol–water partition coefficient (Wildman–Crippen LogP) is 10.2. The van der Waals surface area contributed by atoms with Gasteiger partial charge in [0, 0.05) is 19.3 Å². The Hall–Kier alpha value is -2.47. The van der Waals surface area contributed by atoms with Crippen LogP contribution in [-0.4, -0.2) is 42.1 Å². The van der Waals surface area contributed by atoms with E-state index in [1.807, 2.05) is 24.3 Å². The zero-order valence-electron chi connectivity index (χ0n) is 28.9. The third kappa shape index (κ3) is 34.2. The minimum atomic E-state index is -1.000. The zero-order chi connectivity index (χ0) is 33.1. The fraction of sp³-hybridized carbons (Fsp3) is 0.718. The molecule has 0 amide bonds. The molecule has 1 atom stereocenters. The van der Waals surface area contributed by atoms with Gasteiger partial charge in [-0.2, -0.15) is 0 Å². The first kappa shape index (κ1) is 42.5. The highest BCUT2D eigenvalue weighted by atomic mass is 16.6. The van der Waals surface area contributed by atoms with Crippen LogP contribution < -0.4 is 0 Å². The van der Waals surface area contributed by atoms with Crippen LogP contribution in [0.25, 0.3) is 0 Å². The van der Waals surface area contributed by atoms with Crippen molar-refractivity contribution >= 4 is 17.7 Å². The minimum absolute atomic E-state index is 0.147. The summed E-state index contributed by atoms with van der Waals surface area (Å²) >= 11 is 0. The molecule has 0 spiro atoms. The van der Waals surface area contributed by atoms with Gasteiger partial charge in [-0.25, -0.2) is 0 Å². The summed E-state index contributed by atoms with van der Waals surface area (Å²) in [7, 11) is 0. The number of ketones is 1. The molecule has 0 saturated heterocycles. The molecule has 258 valence electrons. The normalized spacial score (nSPS) is 12.6. The van der Waals surface area contributed by atoms with Crippen molar-refractivity contribution in [2.75, 3.05) is 13.2 Å². The number of unbranched alkanes of at least 4 members (excludes halogenated alkanes) is 15. The van der Waals surface area contributed by atoms with Gasteiger partial charge in [-0.3, -0.25) is 14.4 Å². The summed E-state index contributed by atoms with van der Waals surface area (Å²) in [6.07, 6.45) is 38.6. The summed E-state index contributed by atoms with van der Waals surface area (Å²) in [4.78, 5) is 35.5. The first-order valence-electron chi connectivity index (χ1n) is 18.1. The van der Waals surface area contributed by atoms with Crippen molar-refractivity contribution in [3.8, 4) is 0 Å². The fourth-order valence-electron chi connectivity index (χ4n) is 4.74. The van der Waals surface area contributed by atoms with Crippen LogP contribution in [0.1, 0.15) is 162 Å². The molecular formula is C39H66O6. The van der Waals surface area contributed by atoms with Gasteiger partial charge in [0.25, 0.3) is 0 Å². The van der Waals surface area contributed by atoms with Gasteiger partial charge in [0.15, 0.2) is 5.78 Å². The van der Waals surface area contributed by atoms with Gasteiger partial charge in [0.1, 0.15) is 19.3 Å². The average molecular weight is 631 g/mol. The quantitative estimate of drug-likeness (QED) is 0.0261. The summed E-state index contributed by atoms with van der Waals surface area (Å²) in [6, 6.07) is 0. The van der Waals surface area contributed by atoms with E-state index in [-0.39, 0.29) is 37.4 Å². The number of carbonyl (C=O) groups excluding carboxylic acids is 3. The summed E-state index contributed by atoms with van der Waals surface area (Å²) < 4.78 is 10.2. The number of aliphatic hydroxyl groups is 1. The molecule has 0 aliphatic rings. The van der Waals surface area contributed by atoms with Gasteiger partial charge < -0.3 is 14.6 Å². The molecule has 6 heteroatoms. The second-order valence-electron chi connectivity index (χ2n) is 12.0. The highest BCUT2D eigenvalue weighted by molar-refractivity contribution is 5.89. The van der Waals surface area contributed by atoms with E-state index in [1.165, 1.54) is 64.2 Å². The Morgan fingerprint density at radius 3 is 1.56 bits per heavy atom. The topological polar surface area (TPSA) is 89.9 Å². The summed E-state index contributed by atoms with van der Waals surface area (Å²) in [6.45, 7) is 4.08. The Morgan fingerprint density at radius 2 is 0.978 bits per heavy atom. The number of aliphatic hydroxyl groups excluding tert-OH is 1. The molecule has 0 bridgehead atoms. The monoisotopic (exact) mass is 630 g/mol. The van der Waals surface area contributed by atoms with E-state index in [2.05, 4.69) is 32.1 Å². The first-order chi connectivity index (χ1) is 22.0. The summed E-state index contributed by atoms with van der Waals surface area (Å²) in [5.74, 6) is -0.475. The van der Waals surface area contributed by atoms with Crippen LogP contribution in [0.15, 0.2) is 48.6 Å². The maximum atomic E-state index is 11.9. The van der Waals surface area contributed by atoms with Crippen molar-refractivity contribution in [3.63, 3.8) is 0 Å². The maximum absolute atomic E-state index is 11.9. The van der Waals surface area contributed by atoms with Crippen molar-refractivity contribution < 1.29 is 29.0 Å². The standard InChI is InChI=1S/C39H66O6/c1-3-5-7-8-9-10-11-12-15-18-21-24-28-32-38(42)44-34-37(41)35-45-39(43)33-29-25-22-19-16-13-14-17-20-23-27-31-36(40)30-26-6-4-2/h13-14,19-20,22-23,27,31,37,41H,3-12,15-18,21,24-26,28-30,32-35H2,1-2H3/b14-13-,22-19-,23-20-,31-27+/t37-/m0/s1. The Kier molecular flexibility index (Phi) is 32.5. The van der Waals surface area contributed by atoms with Crippen molar-refractivity contribution in [1.29, 1.82) is 0 Å². The highest BCUT2D eigenvalue weighted by Crippen LogP contribution is 2.13. The molecule has 1 N–H and O–H groups in total. The van der Waals surface area contributed by atoms with Crippen LogP contribution in [0.3, 0.4) is 0 Å². The molecule has 6 nitrogen and oxygen atoms in total. The third-order valence-corrected chi connectivity index (χ3v) is 7.54. The van der Waals surface area contributed by atoms with Crippen molar-refractivity contribution in [2.24, 2.45) is 0 Å². The molecule has 0 fully saturated rings. The van der Waals surface area contributed by atoms with Crippen LogP contribution in [0.2, 0.25) is 0 Å². The fourth-order valence-corrected chi connectivity index (χ4v) is 4.74. The lowest BCUT2D eigenvalue weighted by atomic mass is 10.0. The van der Waals surface area contributed by atoms with Crippen LogP contribution in [0, 0.1) is 0 Å². The molecule has 0 saturated carbocycles. The van der Waals surface area contributed by atoms with E-state index >= 15 is 0 Å². The highest BCUT2D eigenvalue weighted by Gasteiger charge is 2.12. The van der Waals surface area contributed by atoms with E-state index in [1.54, 1.807) is 6.08 Å². The van der Waals surface area contributed by atoms with Gasteiger partial charge in [-0.15, -0.1) is 0 Å². The molecule has 0 radical (unpaired) electrons. The van der Waals surface area contributed by atoms with Gasteiger partial charge in [0.2, 0.25) is 0 Å². The largest absolute Gasteiger partial charge is 0.463 e. The number of allylic oxidation sites excluding steroid dienone is 8. The number of hydrogen-bond donors (Lipinski definition) is 1. The summed E-state index contributed by atoms with van der Waals surface area (Å²) in [5.41, 5.74) is 0. The Balaban J connectivity index is 3.61. The zero-order valence-corrected chi connectivity index (χ0v) is 28.9. The Morgan fingerprint density at radius 1 is 0.533 bits per heavy atom. The Bertz CT molecular complexity index is 825. The molecule has 0 heterocycles. The number of carbonyl (C=O) groups is 3. The van der Waals surface area contributed by atoms with E-state index in [0.717, 1.165) is 57.8 Å². The molecule has 0 unspecified atom stereocenters. The van der Waals surface area contributed by atoms with Gasteiger partial charge >= 0.3 is 11.9 Å². The van der Waals surface area contributed by atoms with E-state index in [0.29, 0.717) is 19.3 Å². The van der Waals surface area contributed by atoms with Crippen LogP contribution in [0.5, 0.6) is 0 Å². The van der Waals surface area contributed by atoms with Gasteiger partial charge in [-0.05, 0) is 44.6 Å². The smallest absolute Gasteiger partial charge is 0.305 e. The number of rotatable bonds is 32. The first-order valence-corrected chi connectivity index (χ1v) is 18.1. The second kappa shape index (κ2) is 34.4. The van der Waals surface area contributed by atoms with E-state index < -0.39 is 6.10 Å². The van der Waals surface area contributed by atoms with E-state index in [4.69, 9.17) is 9.47 Å². The average Bonchev–Trinajstić information content (AvgIpc) is 3.03. The molecule has 0 aliphatic heterocycles. The Labute approximate surface area is 275 Å². The molecule has 0 rings (SSSR count). The van der Waals surface area contributed by atoms with E-state index in [9.17, 15) is 19.5 Å². The molecule has 0 aliphatic carbocycles. The van der Waals surface area contributed by atoms with Gasteiger partial charge in [0.05, 0.1) is 0 Å². The molecule has 0 aromatic rings. The molecule has 45 heavy (non-hydrogen) atoms. The SMILES string of the molecule is CCCCCCCCCCCCCCCC(=O)OC[C@H](O)COC(=O)CCC/C=C\C/C=C\C/C=C\C=C\C(=O)CCCCC. The molecular weight excluding hydrogens is 564 g/mol. The lowest BCUT2D eigenvalue weighted by Gasteiger charge is -2.12. The second-order valence-corrected chi connectivity index (χ2v) is 12.0. The third-order valence-electron chi connectivity index (χ3n) is 7.54. The van der Waals surface area contributed by atoms with Crippen LogP contribution in [-0.2, 0) is 23.9 Å². The van der Waals surface area contributed by atoms with Gasteiger partial charge in [-0.1, -0.05) is 146 Å². The number of hydrogen-bond acceptors (Lipinski definition) is 6. The molecule has 0 aromatic heterocycles. The maximum Gasteiger partial charge on any atom is 0.305 e. The van der Waals surface area contributed by atoms with Crippen LogP contribution >= 0.6 is 0 Å². The van der Waals surface area contributed by atoms with Crippen molar-refractivity contribution in [2.45, 2.75) is 168 Å². The van der Waals surface area contributed by atoms with Crippen molar-refractivity contribution in [1.82, 2.24) is 0 Å². The van der Waals surface area contributed by atoms with Crippen LogP contribution in [0.4, 0.5) is 0 Å². The number of esters is 2. The minimum Gasteiger partial charge on any atom is -0.463 e. The van der Waals surface area contributed by atoms with Crippen molar-refractivity contribution in [3.05, 3.63) is 48.6 Å². The molecule has 0 aromatic carbocycles. The number of ether oxygens (including phenoxy) is 2. The summed E-state index contributed by atoms with van der Waals surface area (Å²) in [5, 5.41) is 9.97. The lowest BCUT2D eigenvalue weighted by molar-refractivity contribution is -0.152.